The van der Waals surface area contributed by atoms with Gasteiger partial charge in [-0.25, -0.2) is 9.18 Å². The highest BCUT2D eigenvalue weighted by Gasteiger charge is 2.17. The van der Waals surface area contributed by atoms with Crippen LogP contribution in [0.3, 0.4) is 0 Å². The molecule has 0 aliphatic carbocycles. The second kappa shape index (κ2) is 4.07. The molecule has 0 aliphatic heterocycles. The molecule has 0 bridgehead atoms. The molecule has 1 aromatic carbocycles. The molecule has 5 heteroatoms. The van der Waals surface area contributed by atoms with Gasteiger partial charge in [0.25, 0.3) is 0 Å². The molecule has 0 aromatic heterocycles. The second-order valence-corrected chi connectivity index (χ2v) is 2.77. The summed E-state index contributed by atoms with van der Waals surface area (Å²) in [5.41, 5.74) is -0.298. The first kappa shape index (κ1) is 10.5. The first-order chi connectivity index (χ1) is 6.61. The zero-order valence-corrected chi connectivity index (χ0v) is 7.93. The number of carbonyl (C=O) groups excluding carboxylic acids is 1. The highest BCUT2D eigenvalue weighted by Crippen LogP contribution is 2.22. The summed E-state index contributed by atoms with van der Waals surface area (Å²) in [7, 11) is 1.13. The average Bonchev–Trinajstić information content (AvgIpc) is 2.21. The minimum atomic E-state index is -0.933. The monoisotopic (exact) mass is 213 g/mol. The number of nitrogens with zero attached hydrogens (tertiary/aromatic N) is 1. The molecule has 1 rings (SSSR count). The molecule has 0 saturated heterocycles. The topological polar surface area (TPSA) is 50.1 Å². The van der Waals surface area contributed by atoms with E-state index in [0.29, 0.717) is 0 Å². The van der Waals surface area contributed by atoms with Crippen molar-refractivity contribution in [3.8, 4) is 6.07 Å². The van der Waals surface area contributed by atoms with E-state index < -0.39 is 11.8 Å². The van der Waals surface area contributed by atoms with E-state index in [2.05, 4.69) is 4.74 Å². The third kappa shape index (κ3) is 1.68. The minimum absolute atomic E-state index is 0.0168. The smallest absolute Gasteiger partial charge is 0.340 e. The number of halogens is 2. The summed E-state index contributed by atoms with van der Waals surface area (Å²) in [6.07, 6.45) is 0. The van der Waals surface area contributed by atoms with Crippen LogP contribution < -0.4 is 0 Å². The molecule has 1 aromatic rings. The summed E-state index contributed by atoms with van der Waals surface area (Å²) in [4.78, 5) is 11.0. The maximum atomic E-state index is 13.3. The van der Waals surface area contributed by atoms with Gasteiger partial charge in [-0.3, -0.25) is 0 Å². The lowest BCUT2D eigenvalue weighted by Crippen LogP contribution is -2.05. The molecule has 0 N–H and O–H groups in total. The Hall–Kier alpha value is -1.60. The maximum absolute atomic E-state index is 13.3. The van der Waals surface area contributed by atoms with Crippen molar-refractivity contribution in [2.75, 3.05) is 7.11 Å². The van der Waals surface area contributed by atoms with E-state index in [1.54, 1.807) is 6.07 Å². The van der Waals surface area contributed by atoms with Crippen molar-refractivity contribution in [3.05, 3.63) is 34.1 Å². The van der Waals surface area contributed by atoms with Crippen LogP contribution in [-0.4, -0.2) is 13.1 Å². The maximum Gasteiger partial charge on any atom is 0.340 e. The highest BCUT2D eigenvalue weighted by atomic mass is 35.5. The number of methoxy groups -OCH3 is 1. The lowest BCUT2D eigenvalue weighted by Gasteiger charge is -2.03. The molecule has 0 heterocycles. The van der Waals surface area contributed by atoms with Crippen LogP contribution in [0.15, 0.2) is 12.1 Å². The van der Waals surface area contributed by atoms with E-state index in [-0.39, 0.29) is 16.1 Å². The van der Waals surface area contributed by atoms with E-state index in [1.807, 2.05) is 0 Å². The SMILES string of the molecule is COC(=O)c1ccc(C#N)c(Cl)c1F. The van der Waals surface area contributed by atoms with E-state index in [9.17, 15) is 9.18 Å². The van der Waals surface area contributed by atoms with E-state index in [1.165, 1.54) is 6.07 Å². The Balaban J connectivity index is 3.33. The second-order valence-electron chi connectivity index (χ2n) is 2.39. The first-order valence-corrected chi connectivity index (χ1v) is 3.96. The van der Waals surface area contributed by atoms with Gasteiger partial charge in [-0.1, -0.05) is 11.6 Å². The van der Waals surface area contributed by atoms with Crippen LogP contribution in [0.2, 0.25) is 5.02 Å². The Morgan fingerprint density at radius 2 is 2.29 bits per heavy atom. The fourth-order valence-electron chi connectivity index (χ4n) is 0.903. The van der Waals surface area contributed by atoms with Gasteiger partial charge in [0.1, 0.15) is 6.07 Å². The van der Waals surface area contributed by atoms with Crippen LogP contribution in [0.4, 0.5) is 4.39 Å². The molecular formula is C9H5ClFNO2. The Morgan fingerprint density at radius 1 is 1.64 bits per heavy atom. The van der Waals surface area contributed by atoms with E-state index >= 15 is 0 Å². The third-order valence-electron chi connectivity index (χ3n) is 1.61. The Morgan fingerprint density at radius 3 is 2.79 bits per heavy atom. The predicted molar refractivity (Wildman–Crippen MR) is 47.5 cm³/mol. The molecule has 72 valence electrons. The lowest BCUT2D eigenvalue weighted by molar-refractivity contribution is 0.0595. The van der Waals surface area contributed by atoms with Crippen LogP contribution in [0, 0.1) is 17.1 Å². The minimum Gasteiger partial charge on any atom is -0.465 e. The number of esters is 1. The van der Waals surface area contributed by atoms with Crippen molar-refractivity contribution in [2.45, 2.75) is 0 Å². The molecular weight excluding hydrogens is 209 g/mol. The quantitative estimate of drug-likeness (QED) is 0.672. The molecule has 0 amide bonds. The molecule has 0 radical (unpaired) electrons. The summed E-state index contributed by atoms with van der Waals surface area (Å²) < 4.78 is 17.6. The highest BCUT2D eigenvalue weighted by molar-refractivity contribution is 6.32. The number of carbonyl (C=O) groups is 1. The van der Waals surface area contributed by atoms with E-state index in [4.69, 9.17) is 16.9 Å². The molecule has 14 heavy (non-hydrogen) atoms. The van der Waals surface area contributed by atoms with Crippen LogP contribution in [0.5, 0.6) is 0 Å². The fraction of sp³-hybridized carbons (Fsp3) is 0.111. The number of nitriles is 1. The molecule has 0 spiro atoms. The van der Waals surface area contributed by atoms with Crippen molar-refractivity contribution in [1.29, 1.82) is 5.26 Å². The van der Waals surface area contributed by atoms with Crippen molar-refractivity contribution < 1.29 is 13.9 Å². The van der Waals surface area contributed by atoms with Gasteiger partial charge in [0, 0.05) is 0 Å². The fourth-order valence-corrected chi connectivity index (χ4v) is 1.11. The largest absolute Gasteiger partial charge is 0.465 e. The van der Waals surface area contributed by atoms with Gasteiger partial charge >= 0.3 is 5.97 Å². The van der Waals surface area contributed by atoms with Crippen LogP contribution >= 0.6 is 11.6 Å². The van der Waals surface area contributed by atoms with Crippen LogP contribution in [0.1, 0.15) is 15.9 Å². The van der Waals surface area contributed by atoms with Crippen LogP contribution in [-0.2, 0) is 4.74 Å². The average molecular weight is 214 g/mol. The lowest BCUT2D eigenvalue weighted by atomic mass is 10.1. The van der Waals surface area contributed by atoms with Gasteiger partial charge in [-0.2, -0.15) is 5.26 Å². The van der Waals surface area contributed by atoms with Crippen molar-refractivity contribution in [2.24, 2.45) is 0 Å². The number of hydrogen-bond donors (Lipinski definition) is 0. The zero-order valence-electron chi connectivity index (χ0n) is 7.17. The predicted octanol–water partition coefficient (Wildman–Crippen LogP) is 2.14. The number of hydrogen-bond acceptors (Lipinski definition) is 3. The summed E-state index contributed by atoms with van der Waals surface area (Å²) in [5, 5.41) is 8.15. The normalized spacial score (nSPS) is 9.29. The summed E-state index contributed by atoms with van der Waals surface area (Å²) in [5.74, 6) is -1.76. The summed E-state index contributed by atoms with van der Waals surface area (Å²) >= 11 is 5.49. The number of ether oxygens (including phenoxy) is 1. The van der Waals surface area contributed by atoms with Crippen LogP contribution in [0.25, 0.3) is 0 Å². The molecule has 3 nitrogen and oxygen atoms in total. The van der Waals surface area contributed by atoms with Gasteiger partial charge < -0.3 is 4.74 Å². The Bertz CT molecular complexity index is 426. The summed E-state index contributed by atoms with van der Waals surface area (Å²) in [6.45, 7) is 0. The van der Waals surface area contributed by atoms with Gasteiger partial charge in [0.05, 0.1) is 23.3 Å². The standard InChI is InChI=1S/C9H5ClFNO2/c1-14-9(13)6-3-2-5(4-12)7(10)8(6)11/h2-3H,1H3. The van der Waals surface area contributed by atoms with Crippen molar-refractivity contribution in [1.82, 2.24) is 0 Å². The zero-order chi connectivity index (χ0) is 10.7. The van der Waals surface area contributed by atoms with Gasteiger partial charge in [-0.15, -0.1) is 0 Å². The number of rotatable bonds is 1. The van der Waals surface area contributed by atoms with E-state index in [0.717, 1.165) is 13.2 Å². The van der Waals surface area contributed by atoms with Gasteiger partial charge in [-0.05, 0) is 12.1 Å². The first-order valence-electron chi connectivity index (χ1n) is 3.58. The van der Waals surface area contributed by atoms with Gasteiger partial charge in [0.2, 0.25) is 0 Å². The summed E-state index contributed by atoms with van der Waals surface area (Å²) in [6, 6.07) is 4.12. The molecule has 0 saturated carbocycles. The van der Waals surface area contributed by atoms with Gasteiger partial charge in [0.15, 0.2) is 5.82 Å². The molecule has 0 unspecified atom stereocenters. The van der Waals surface area contributed by atoms with Crippen molar-refractivity contribution >= 4 is 17.6 Å². The number of benzene rings is 1. The molecule has 0 atom stereocenters. The third-order valence-corrected chi connectivity index (χ3v) is 1.98. The van der Waals surface area contributed by atoms with Crippen molar-refractivity contribution in [3.63, 3.8) is 0 Å². The Labute approximate surface area is 84.7 Å². The molecule has 0 aliphatic rings. The Kier molecular flexibility index (Phi) is 3.05. The molecule has 0 fully saturated rings.